The highest BCUT2D eigenvalue weighted by Crippen LogP contribution is 2.32. The summed E-state index contributed by atoms with van der Waals surface area (Å²) in [5.74, 6) is -0.940. The monoisotopic (exact) mass is 428 g/mol. The van der Waals surface area contributed by atoms with Crippen LogP contribution in [0.3, 0.4) is 0 Å². The Balaban J connectivity index is 1.76. The SMILES string of the molecule is Cc1ccc(NC2=C(c3ccc([N+](=O)[O-])cc3)C(=O)N(Cc3cccnc3)C2=O)cc1C. The number of rotatable bonds is 6. The van der Waals surface area contributed by atoms with Crippen LogP contribution in [0.5, 0.6) is 0 Å². The average molecular weight is 428 g/mol. The molecule has 0 saturated carbocycles. The van der Waals surface area contributed by atoms with Gasteiger partial charge in [-0.25, -0.2) is 0 Å². The van der Waals surface area contributed by atoms with Gasteiger partial charge >= 0.3 is 0 Å². The quantitative estimate of drug-likeness (QED) is 0.361. The maximum Gasteiger partial charge on any atom is 0.278 e. The van der Waals surface area contributed by atoms with Crippen LogP contribution >= 0.6 is 0 Å². The van der Waals surface area contributed by atoms with Crippen molar-refractivity contribution in [2.24, 2.45) is 0 Å². The molecule has 0 saturated heterocycles. The van der Waals surface area contributed by atoms with E-state index in [1.165, 1.54) is 24.3 Å². The van der Waals surface area contributed by atoms with Gasteiger partial charge in [0.1, 0.15) is 5.70 Å². The average Bonchev–Trinajstić information content (AvgIpc) is 3.01. The smallest absolute Gasteiger partial charge is 0.278 e. The first-order chi connectivity index (χ1) is 15.3. The Morgan fingerprint density at radius 2 is 1.75 bits per heavy atom. The number of nitrogens with one attached hydrogen (secondary N) is 1. The first-order valence-electron chi connectivity index (χ1n) is 9.93. The molecule has 2 heterocycles. The van der Waals surface area contributed by atoms with E-state index in [2.05, 4.69) is 10.3 Å². The second kappa shape index (κ2) is 8.43. The van der Waals surface area contributed by atoms with Gasteiger partial charge in [-0.15, -0.1) is 0 Å². The summed E-state index contributed by atoms with van der Waals surface area (Å²) in [5.41, 5.74) is 4.17. The van der Waals surface area contributed by atoms with Gasteiger partial charge < -0.3 is 5.32 Å². The number of non-ortho nitro benzene ring substituents is 1. The number of nitrogens with zero attached hydrogens (tertiary/aromatic N) is 3. The molecule has 0 aliphatic carbocycles. The van der Waals surface area contributed by atoms with Crippen molar-refractivity contribution in [3.05, 3.63) is 105 Å². The number of aryl methyl sites for hydroxylation is 2. The van der Waals surface area contributed by atoms with Crippen molar-refractivity contribution in [3.63, 3.8) is 0 Å². The van der Waals surface area contributed by atoms with Gasteiger partial charge in [0.25, 0.3) is 17.5 Å². The first kappa shape index (κ1) is 20.9. The van der Waals surface area contributed by atoms with E-state index in [0.29, 0.717) is 16.8 Å². The van der Waals surface area contributed by atoms with Crippen molar-refractivity contribution in [3.8, 4) is 0 Å². The number of hydrogen-bond acceptors (Lipinski definition) is 6. The molecule has 3 aromatic rings. The van der Waals surface area contributed by atoms with Crippen molar-refractivity contribution in [2.75, 3.05) is 5.32 Å². The molecular weight excluding hydrogens is 408 g/mol. The number of hydrogen-bond donors (Lipinski definition) is 1. The topological polar surface area (TPSA) is 105 Å². The number of amides is 2. The summed E-state index contributed by atoms with van der Waals surface area (Å²) in [7, 11) is 0. The molecule has 1 aromatic heterocycles. The van der Waals surface area contributed by atoms with Gasteiger partial charge in [-0.3, -0.25) is 29.6 Å². The normalized spacial score (nSPS) is 13.6. The molecule has 0 bridgehead atoms. The first-order valence-corrected chi connectivity index (χ1v) is 9.93. The number of benzene rings is 2. The number of nitro benzene ring substituents is 1. The minimum absolute atomic E-state index is 0.0695. The van der Waals surface area contributed by atoms with E-state index in [0.717, 1.165) is 16.0 Å². The van der Waals surface area contributed by atoms with Crippen molar-refractivity contribution >= 4 is 28.8 Å². The summed E-state index contributed by atoms with van der Waals surface area (Å²) < 4.78 is 0. The van der Waals surface area contributed by atoms with Gasteiger partial charge in [0.2, 0.25) is 0 Å². The summed E-state index contributed by atoms with van der Waals surface area (Å²) >= 11 is 0. The molecule has 8 heteroatoms. The third-order valence-electron chi connectivity index (χ3n) is 5.37. The zero-order chi connectivity index (χ0) is 22.8. The molecule has 2 amide bonds. The second-order valence-corrected chi connectivity index (χ2v) is 7.54. The van der Waals surface area contributed by atoms with Crippen LogP contribution in [0.25, 0.3) is 5.57 Å². The number of nitro groups is 1. The van der Waals surface area contributed by atoms with Crippen LogP contribution in [-0.2, 0) is 16.1 Å². The van der Waals surface area contributed by atoms with Crippen LogP contribution in [0.1, 0.15) is 22.3 Å². The van der Waals surface area contributed by atoms with Gasteiger partial charge in [-0.2, -0.15) is 0 Å². The van der Waals surface area contributed by atoms with Crippen molar-refractivity contribution in [2.45, 2.75) is 20.4 Å². The third-order valence-corrected chi connectivity index (χ3v) is 5.37. The molecule has 0 fully saturated rings. The predicted octanol–water partition coefficient (Wildman–Crippen LogP) is 4.00. The lowest BCUT2D eigenvalue weighted by Gasteiger charge is -2.15. The van der Waals surface area contributed by atoms with Crippen molar-refractivity contribution in [1.29, 1.82) is 0 Å². The summed E-state index contributed by atoms with van der Waals surface area (Å²) in [4.78, 5) is 42.3. The molecule has 32 heavy (non-hydrogen) atoms. The Morgan fingerprint density at radius 3 is 2.38 bits per heavy atom. The van der Waals surface area contributed by atoms with E-state index in [4.69, 9.17) is 0 Å². The molecule has 1 N–H and O–H groups in total. The van der Waals surface area contributed by atoms with Gasteiger partial charge in [0.15, 0.2) is 0 Å². The molecule has 0 unspecified atom stereocenters. The Morgan fingerprint density at radius 1 is 1.00 bits per heavy atom. The summed E-state index contributed by atoms with van der Waals surface area (Å²) in [6.07, 6.45) is 3.21. The van der Waals surface area contributed by atoms with Crippen LogP contribution in [0.2, 0.25) is 0 Å². The van der Waals surface area contributed by atoms with Crippen LogP contribution < -0.4 is 5.32 Å². The second-order valence-electron chi connectivity index (χ2n) is 7.54. The maximum absolute atomic E-state index is 13.3. The molecule has 0 spiro atoms. The zero-order valence-corrected chi connectivity index (χ0v) is 17.5. The molecule has 4 rings (SSSR count). The number of pyridine rings is 1. The zero-order valence-electron chi connectivity index (χ0n) is 17.5. The Kier molecular flexibility index (Phi) is 5.51. The fourth-order valence-electron chi connectivity index (χ4n) is 3.49. The lowest BCUT2D eigenvalue weighted by atomic mass is 10.0. The number of carbonyl (C=O) groups excluding carboxylic acids is 2. The third kappa shape index (κ3) is 3.98. The Labute approximate surface area is 184 Å². The van der Waals surface area contributed by atoms with Crippen molar-refractivity contribution in [1.82, 2.24) is 9.88 Å². The number of carbonyl (C=O) groups is 2. The van der Waals surface area contributed by atoms with Gasteiger partial charge in [-0.05, 0) is 66.4 Å². The molecule has 2 aromatic carbocycles. The van der Waals surface area contributed by atoms with Crippen molar-refractivity contribution < 1.29 is 14.5 Å². The summed E-state index contributed by atoms with van der Waals surface area (Å²) in [6.45, 7) is 4.02. The number of imide groups is 1. The molecule has 8 nitrogen and oxygen atoms in total. The maximum atomic E-state index is 13.3. The van der Waals surface area contributed by atoms with E-state index in [9.17, 15) is 19.7 Å². The van der Waals surface area contributed by atoms with Crippen LogP contribution in [-0.4, -0.2) is 26.6 Å². The highest BCUT2D eigenvalue weighted by Gasteiger charge is 2.39. The number of anilines is 1. The van der Waals surface area contributed by atoms with E-state index >= 15 is 0 Å². The van der Waals surface area contributed by atoms with E-state index in [1.54, 1.807) is 24.5 Å². The lowest BCUT2D eigenvalue weighted by molar-refractivity contribution is -0.384. The lowest BCUT2D eigenvalue weighted by Crippen LogP contribution is -2.32. The van der Waals surface area contributed by atoms with E-state index in [1.807, 2.05) is 32.0 Å². The minimum atomic E-state index is -0.511. The van der Waals surface area contributed by atoms with Crippen LogP contribution in [0.15, 0.2) is 72.7 Å². The van der Waals surface area contributed by atoms with Crippen LogP contribution in [0.4, 0.5) is 11.4 Å². The molecule has 1 aliphatic rings. The fourth-order valence-corrected chi connectivity index (χ4v) is 3.49. The minimum Gasteiger partial charge on any atom is -0.350 e. The largest absolute Gasteiger partial charge is 0.350 e. The molecule has 160 valence electrons. The molecule has 1 aliphatic heterocycles. The molecule has 0 atom stereocenters. The van der Waals surface area contributed by atoms with Gasteiger partial charge in [0, 0.05) is 30.2 Å². The van der Waals surface area contributed by atoms with E-state index < -0.39 is 16.7 Å². The van der Waals surface area contributed by atoms with Gasteiger partial charge in [-0.1, -0.05) is 12.1 Å². The van der Waals surface area contributed by atoms with Gasteiger partial charge in [0.05, 0.1) is 17.0 Å². The summed E-state index contributed by atoms with van der Waals surface area (Å²) in [6, 6.07) is 14.8. The standard InChI is InChI=1S/C24H20N4O4/c1-15-5-8-19(12-16(15)2)26-22-21(18-6-9-20(10-7-18)28(31)32)23(29)27(24(22)30)14-17-4-3-11-25-13-17/h3-13,26H,14H2,1-2H3. The highest BCUT2D eigenvalue weighted by molar-refractivity contribution is 6.36. The van der Waals surface area contributed by atoms with Crippen LogP contribution in [0, 0.1) is 24.0 Å². The molecule has 0 radical (unpaired) electrons. The Bertz CT molecular complexity index is 1250. The Hall–Kier alpha value is -4.33. The number of aromatic nitrogens is 1. The fraction of sp³-hybridized carbons (Fsp3) is 0.125. The molecular formula is C24H20N4O4. The highest BCUT2D eigenvalue weighted by atomic mass is 16.6. The van der Waals surface area contributed by atoms with E-state index in [-0.39, 0.29) is 23.5 Å². The summed E-state index contributed by atoms with van der Waals surface area (Å²) in [5, 5.41) is 14.1. The predicted molar refractivity (Wildman–Crippen MR) is 119 cm³/mol.